The van der Waals surface area contributed by atoms with Crippen LogP contribution in [-0.2, 0) is 6.54 Å². The van der Waals surface area contributed by atoms with E-state index in [0.717, 1.165) is 6.54 Å². The summed E-state index contributed by atoms with van der Waals surface area (Å²) in [6.45, 7) is 5.46. The molecule has 0 saturated heterocycles. The largest absolute Gasteiger partial charge is 0.305 e. The molecule has 0 aliphatic carbocycles. The van der Waals surface area contributed by atoms with Crippen LogP contribution in [-0.4, -0.2) is 24.0 Å². The number of benzene rings is 1. The minimum Gasteiger partial charge on any atom is -0.305 e. The van der Waals surface area contributed by atoms with E-state index in [4.69, 9.17) is 0 Å². The molecular formula is C15H20N2. The third-order valence-corrected chi connectivity index (χ3v) is 2.97. The summed E-state index contributed by atoms with van der Waals surface area (Å²) in [5, 5.41) is 2.58. The van der Waals surface area contributed by atoms with E-state index in [-0.39, 0.29) is 0 Å². The van der Waals surface area contributed by atoms with Crippen molar-refractivity contribution in [3.05, 3.63) is 41.7 Å². The van der Waals surface area contributed by atoms with Crippen molar-refractivity contribution in [1.82, 2.24) is 9.88 Å². The molecule has 0 amide bonds. The first-order valence-corrected chi connectivity index (χ1v) is 6.09. The zero-order valence-corrected chi connectivity index (χ0v) is 11.1. The van der Waals surface area contributed by atoms with Gasteiger partial charge in [-0.25, -0.2) is 0 Å². The highest BCUT2D eigenvalue weighted by molar-refractivity contribution is 5.86. The summed E-state index contributed by atoms with van der Waals surface area (Å²) in [4.78, 5) is 6.44. The van der Waals surface area contributed by atoms with Gasteiger partial charge in [0.15, 0.2) is 0 Å². The highest BCUT2D eigenvalue weighted by Crippen LogP contribution is 2.26. The van der Waals surface area contributed by atoms with E-state index in [1.54, 1.807) is 0 Å². The molecule has 2 heteroatoms. The topological polar surface area (TPSA) is 16.1 Å². The Morgan fingerprint density at radius 2 is 2.00 bits per heavy atom. The first-order valence-electron chi connectivity index (χ1n) is 6.09. The second kappa shape index (κ2) is 4.84. The van der Waals surface area contributed by atoms with Gasteiger partial charge in [0.2, 0.25) is 0 Å². The molecule has 0 aliphatic rings. The van der Waals surface area contributed by atoms with Crippen LogP contribution in [0.25, 0.3) is 10.8 Å². The molecule has 1 aromatic carbocycles. The third-order valence-electron chi connectivity index (χ3n) is 2.97. The molecule has 0 spiro atoms. The van der Waals surface area contributed by atoms with Crippen molar-refractivity contribution >= 4 is 10.8 Å². The van der Waals surface area contributed by atoms with E-state index in [0.29, 0.717) is 5.92 Å². The Morgan fingerprint density at radius 1 is 1.24 bits per heavy atom. The molecule has 0 N–H and O–H groups in total. The molecule has 17 heavy (non-hydrogen) atoms. The average molecular weight is 228 g/mol. The van der Waals surface area contributed by atoms with Gasteiger partial charge in [-0.05, 0) is 48.7 Å². The number of aromatic nitrogens is 1. The molecule has 0 bridgehead atoms. The molecule has 1 heterocycles. The number of nitrogens with zero attached hydrogens (tertiary/aromatic N) is 2. The van der Waals surface area contributed by atoms with E-state index in [2.05, 4.69) is 56.0 Å². The zero-order valence-electron chi connectivity index (χ0n) is 11.1. The Kier molecular flexibility index (Phi) is 3.43. The van der Waals surface area contributed by atoms with Crippen molar-refractivity contribution < 1.29 is 0 Å². The Bertz CT molecular complexity index is 515. The van der Waals surface area contributed by atoms with Gasteiger partial charge in [-0.2, -0.15) is 0 Å². The van der Waals surface area contributed by atoms with E-state index in [1.807, 2.05) is 12.4 Å². The lowest BCUT2D eigenvalue weighted by molar-refractivity contribution is 0.402. The van der Waals surface area contributed by atoms with Crippen molar-refractivity contribution in [2.75, 3.05) is 14.1 Å². The standard InChI is InChI=1S/C15H20N2/c1-11(2)14-8-12(10-17(3)4)7-13-5-6-16-9-15(13)14/h5-9,11H,10H2,1-4H3. The van der Waals surface area contributed by atoms with Crippen LogP contribution < -0.4 is 0 Å². The average Bonchev–Trinajstić information content (AvgIpc) is 2.27. The predicted molar refractivity (Wildman–Crippen MR) is 73.2 cm³/mol. The van der Waals surface area contributed by atoms with Gasteiger partial charge < -0.3 is 4.90 Å². The highest BCUT2D eigenvalue weighted by atomic mass is 15.0. The summed E-state index contributed by atoms with van der Waals surface area (Å²) in [6, 6.07) is 6.68. The monoisotopic (exact) mass is 228 g/mol. The third kappa shape index (κ3) is 2.64. The minimum atomic E-state index is 0.531. The summed E-state index contributed by atoms with van der Waals surface area (Å²) in [5.74, 6) is 0.531. The lowest BCUT2D eigenvalue weighted by atomic mass is 9.95. The highest BCUT2D eigenvalue weighted by Gasteiger charge is 2.08. The molecule has 0 radical (unpaired) electrons. The van der Waals surface area contributed by atoms with Gasteiger partial charge in [-0.15, -0.1) is 0 Å². The second-order valence-corrected chi connectivity index (χ2v) is 5.17. The maximum Gasteiger partial charge on any atom is 0.0349 e. The van der Waals surface area contributed by atoms with E-state index in [9.17, 15) is 0 Å². The molecule has 2 aromatic rings. The fourth-order valence-electron chi connectivity index (χ4n) is 2.23. The van der Waals surface area contributed by atoms with Crippen LogP contribution in [0.15, 0.2) is 30.6 Å². The number of pyridine rings is 1. The molecule has 2 nitrogen and oxygen atoms in total. The predicted octanol–water partition coefficient (Wildman–Crippen LogP) is 3.42. The van der Waals surface area contributed by atoms with Crippen LogP contribution in [0, 0.1) is 0 Å². The Hall–Kier alpha value is -1.41. The summed E-state index contributed by atoms with van der Waals surface area (Å²) in [7, 11) is 4.21. The maximum absolute atomic E-state index is 4.24. The molecule has 0 aliphatic heterocycles. The van der Waals surface area contributed by atoms with Gasteiger partial charge in [0.25, 0.3) is 0 Å². The Morgan fingerprint density at radius 3 is 2.65 bits per heavy atom. The van der Waals surface area contributed by atoms with Gasteiger partial charge in [0.1, 0.15) is 0 Å². The Balaban J connectivity index is 2.58. The van der Waals surface area contributed by atoms with Gasteiger partial charge in [-0.3, -0.25) is 4.98 Å². The van der Waals surface area contributed by atoms with Crippen LogP contribution in [0.4, 0.5) is 0 Å². The van der Waals surface area contributed by atoms with E-state index < -0.39 is 0 Å². The minimum absolute atomic E-state index is 0.531. The van der Waals surface area contributed by atoms with Crippen LogP contribution in [0.2, 0.25) is 0 Å². The maximum atomic E-state index is 4.24. The molecule has 1 aromatic heterocycles. The smallest absolute Gasteiger partial charge is 0.0349 e. The molecule has 2 rings (SSSR count). The Labute approximate surface area is 103 Å². The van der Waals surface area contributed by atoms with Crippen LogP contribution in [0.1, 0.15) is 30.9 Å². The van der Waals surface area contributed by atoms with Gasteiger partial charge in [-0.1, -0.05) is 19.9 Å². The fraction of sp³-hybridized carbons (Fsp3) is 0.400. The zero-order chi connectivity index (χ0) is 12.4. The first kappa shape index (κ1) is 12.1. The first-order chi connectivity index (χ1) is 8.08. The van der Waals surface area contributed by atoms with E-state index >= 15 is 0 Å². The molecule has 0 fully saturated rings. The number of hydrogen-bond donors (Lipinski definition) is 0. The second-order valence-electron chi connectivity index (χ2n) is 5.17. The van der Waals surface area contributed by atoms with Crippen molar-refractivity contribution in [2.24, 2.45) is 0 Å². The van der Waals surface area contributed by atoms with E-state index in [1.165, 1.54) is 21.9 Å². The summed E-state index contributed by atoms with van der Waals surface area (Å²) in [6.07, 6.45) is 3.84. The number of fused-ring (bicyclic) bond motifs is 1. The van der Waals surface area contributed by atoms with Crippen molar-refractivity contribution in [3.63, 3.8) is 0 Å². The summed E-state index contributed by atoms with van der Waals surface area (Å²) >= 11 is 0. The fourth-order valence-corrected chi connectivity index (χ4v) is 2.23. The van der Waals surface area contributed by atoms with Gasteiger partial charge in [0.05, 0.1) is 0 Å². The van der Waals surface area contributed by atoms with Gasteiger partial charge >= 0.3 is 0 Å². The summed E-state index contributed by atoms with van der Waals surface area (Å²) < 4.78 is 0. The summed E-state index contributed by atoms with van der Waals surface area (Å²) in [5.41, 5.74) is 2.77. The van der Waals surface area contributed by atoms with Crippen molar-refractivity contribution in [3.8, 4) is 0 Å². The SMILES string of the molecule is CC(C)c1cc(CN(C)C)cc2ccncc12. The molecule has 0 atom stereocenters. The van der Waals surface area contributed by atoms with Gasteiger partial charge in [0, 0.05) is 24.3 Å². The molecule has 90 valence electrons. The van der Waals surface area contributed by atoms with Crippen molar-refractivity contribution in [2.45, 2.75) is 26.3 Å². The normalized spacial score (nSPS) is 11.6. The van der Waals surface area contributed by atoms with Crippen LogP contribution in [0.5, 0.6) is 0 Å². The van der Waals surface area contributed by atoms with Crippen LogP contribution in [0.3, 0.4) is 0 Å². The quantitative estimate of drug-likeness (QED) is 0.800. The number of hydrogen-bond acceptors (Lipinski definition) is 2. The van der Waals surface area contributed by atoms with Crippen molar-refractivity contribution in [1.29, 1.82) is 0 Å². The molecule has 0 unspecified atom stereocenters. The lowest BCUT2D eigenvalue weighted by Crippen LogP contribution is -2.11. The van der Waals surface area contributed by atoms with Crippen LogP contribution >= 0.6 is 0 Å². The molecule has 0 saturated carbocycles. The lowest BCUT2D eigenvalue weighted by Gasteiger charge is -2.15. The molecular weight excluding hydrogens is 208 g/mol. The number of rotatable bonds is 3.